The van der Waals surface area contributed by atoms with Crippen LogP contribution in [0.4, 0.5) is 0 Å². The number of ether oxygens (including phenoxy) is 1. The van der Waals surface area contributed by atoms with Gasteiger partial charge in [-0.1, -0.05) is 19.1 Å². The molecular formula is C15H25NO3S. The van der Waals surface area contributed by atoms with E-state index in [9.17, 15) is 9.32 Å². The largest absolute Gasteiger partial charge is 0.491 e. The molecule has 0 saturated carbocycles. The molecule has 5 heteroatoms. The summed E-state index contributed by atoms with van der Waals surface area (Å²) in [6.07, 6.45) is 3.03. The Labute approximate surface area is 124 Å². The van der Waals surface area contributed by atoms with Gasteiger partial charge in [-0.15, -0.1) is 0 Å². The molecule has 0 heterocycles. The third-order valence-electron chi connectivity index (χ3n) is 2.94. The zero-order valence-electron chi connectivity index (χ0n) is 12.3. The molecule has 0 radical (unpaired) electrons. The van der Waals surface area contributed by atoms with Gasteiger partial charge >= 0.3 is 0 Å². The number of hydrogen-bond donors (Lipinski definition) is 2. The number of nitrogens with one attached hydrogen (secondary N) is 1. The summed E-state index contributed by atoms with van der Waals surface area (Å²) in [5, 5.41) is 12.9. The molecule has 0 aliphatic heterocycles. The summed E-state index contributed by atoms with van der Waals surface area (Å²) in [5.41, 5.74) is 1.27. The van der Waals surface area contributed by atoms with E-state index in [1.165, 1.54) is 5.56 Å². The molecule has 4 nitrogen and oxygen atoms in total. The van der Waals surface area contributed by atoms with Gasteiger partial charge in [0, 0.05) is 29.4 Å². The van der Waals surface area contributed by atoms with Crippen LogP contribution in [0.15, 0.2) is 24.3 Å². The lowest BCUT2D eigenvalue weighted by Crippen LogP contribution is -2.32. The van der Waals surface area contributed by atoms with Crippen LogP contribution in [0.1, 0.15) is 18.9 Å². The maximum atomic E-state index is 10.9. The Bertz CT molecular complexity index is 395. The summed E-state index contributed by atoms with van der Waals surface area (Å²) in [5.74, 6) is 1.48. The smallest absolute Gasteiger partial charge is 0.119 e. The van der Waals surface area contributed by atoms with Crippen LogP contribution in [0.2, 0.25) is 0 Å². The van der Waals surface area contributed by atoms with Crippen LogP contribution in [-0.4, -0.2) is 47.1 Å². The van der Waals surface area contributed by atoms with Gasteiger partial charge in [0.2, 0.25) is 0 Å². The first kappa shape index (κ1) is 17.1. The van der Waals surface area contributed by atoms with Gasteiger partial charge in [-0.3, -0.25) is 4.21 Å². The number of rotatable bonds is 10. The summed E-state index contributed by atoms with van der Waals surface area (Å²) in [6, 6.07) is 7.92. The SMILES string of the molecule is CCc1ccc(OCC(O)CNCCCS(C)=O)cc1. The third-order valence-corrected chi connectivity index (χ3v) is 3.80. The number of aryl methyl sites for hydroxylation is 1. The Morgan fingerprint density at radius 3 is 2.65 bits per heavy atom. The van der Waals surface area contributed by atoms with Gasteiger partial charge in [0.25, 0.3) is 0 Å². The molecule has 0 amide bonds. The van der Waals surface area contributed by atoms with E-state index in [-0.39, 0.29) is 6.61 Å². The lowest BCUT2D eigenvalue weighted by atomic mass is 10.2. The van der Waals surface area contributed by atoms with Crippen molar-refractivity contribution in [1.29, 1.82) is 0 Å². The van der Waals surface area contributed by atoms with Gasteiger partial charge in [0.05, 0.1) is 0 Å². The standard InChI is InChI=1S/C15H25NO3S/c1-3-13-5-7-15(8-6-13)19-12-14(17)11-16-9-4-10-20(2)18/h5-8,14,16-17H,3-4,9-12H2,1-2H3. The fourth-order valence-electron chi connectivity index (χ4n) is 1.74. The Kier molecular flexibility index (Phi) is 8.49. The summed E-state index contributed by atoms with van der Waals surface area (Å²) in [4.78, 5) is 0. The van der Waals surface area contributed by atoms with Gasteiger partial charge < -0.3 is 15.2 Å². The zero-order chi connectivity index (χ0) is 14.8. The molecule has 1 aromatic rings. The molecule has 0 aliphatic carbocycles. The van der Waals surface area contributed by atoms with Crippen molar-refractivity contribution < 1.29 is 14.1 Å². The second-order valence-corrected chi connectivity index (χ2v) is 6.35. The Hall–Kier alpha value is -0.910. The summed E-state index contributed by atoms with van der Waals surface area (Å²) in [6.45, 7) is 3.64. The average molecular weight is 299 g/mol. The minimum absolute atomic E-state index is 0.276. The predicted octanol–water partition coefficient (Wildman–Crippen LogP) is 1.35. The fourth-order valence-corrected chi connectivity index (χ4v) is 2.29. The lowest BCUT2D eigenvalue weighted by Gasteiger charge is -2.13. The van der Waals surface area contributed by atoms with Crippen molar-refractivity contribution in [2.24, 2.45) is 0 Å². The van der Waals surface area contributed by atoms with Gasteiger partial charge in [-0.05, 0) is 37.1 Å². The van der Waals surface area contributed by atoms with Gasteiger partial charge in [0.1, 0.15) is 18.5 Å². The van der Waals surface area contributed by atoms with Crippen molar-refractivity contribution in [2.45, 2.75) is 25.9 Å². The second-order valence-electron chi connectivity index (χ2n) is 4.80. The number of aliphatic hydroxyl groups excluding tert-OH is 1. The third kappa shape index (κ3) is 7.62. The van der Waals surface area contributed by atoms with Crippen molar-refractivity contribution in [2.75, 3.05) is 31.7 Å². The number of benzene rings is 1. The van der Waals surface area contributed by atoms with Crippen molar-refractivity contribution in [3.05, 3.63) is 29.8 Å². The minimum Gasteiger partial charge on any atom is -0.491 e. The van der Waals surface area contributed by atoms with E-state index in [1.54, 1.807) is 6.26 Å². The Balaban J connectivity index is 2.12. The van der Waals surface area contributed by atoms with Crippen molar-refractivity contribution in [3.8, 4) is 5.75 Å². The van der Waals surface area contributed by atoms with Gasteiger partial charge in [0.15, 0.2) is 0 Å². The highest BCUT2D eigenvalue weighted by Crippen LogP contribution is 2.12. The molecule has 0 saturated heterocycles. The number of hydrogen-bond acceptors (Lipinski definition) is 4. The Morgan fingerprint density at radius 2 is 2.05 bits per heavy atom. The highest BCUT2D eigenvalue weighted by Gasteiger charge is 2.04. The summed E-state index contributed by atoms with van der Waals surface area (Å²) >= 11 is 0. The molecule has 0 spiro atoms. The first-order chi connectivity index (χ1) is 9.61. The molecule has 1 aromatic carbocycles. The van der Waals surface area contributed by atoms with Crippen LogP contribution in [0, 0.1) is 0 Å². The van der Waals surface area contributed by atoms with Crippen molar-refractivity contribution in [3.63, 3.8) is 0 Å². The molecule has 2 unspecified atom stereocenters. The minimum atomic E-state index is -0.738. The van der Waals surface area contributed by atoms with E-state index in [0.29, 0.717) is 12.3 Å². The van der Waals surface area contributed by atoms with Gasteiger partial charge in [-0.2, -0.15) is 0 Å². The maximum absolute atomic E-state index is 10.9. The topological polar surface area (TPSA) is 58.6 Å². The van der Waals surface area contributed by atoms with Gasteiger partial charge in [-0.25, -0.2) is 0 Å². The fraction of sp³-hybridized carbons (Fsp3) is 0.600. The molecule has 1 rings (SSSR count). The average Bonchev–Trinajstić information content (AvgIpc) is 2.45. The first-order valence-corrected chi connectivity index (χ1v) is 8.75. The first-order valence-electron chi connectivity index (χ1n) is 7.02. The molecule has 0 bridgehead atoms. The molecule has 2 N–H and O–H groups in total. The predicted molar refractivity (Wildman–Crippen MR) is 83.7 cm³/mol. The highest BCUT2D eigenvalue weighted by atomic mass is 32.2. The van der Waals surface area contributed by atoms with E-state index >= 15 is 0 Å². The van der Waals surface area contributed by atoms with Crippen LogP contribution in [0.5, 0.6) is 5.75 Å². The number of aliphatic hydroxyl groups is 1. The van der Waals surface area contributed by atoms with E-state index in [1.807, 2.05) is 24.3 Å². The molecule has 2 atom stereocenters. The van der Waals surface area contributed by atoms with E-state index < -0.39 is 16.9 Å². The van der Waals surface area contributed by atoms with Crippen LogP contribution in [0.25, 0.3) is 0 Å². The quantitative estimate of drug-likeness (QED) is 0.640. The molecule has 0 aliphatic rings. The van der Waals surface area contributed by atoms with Crippen molar-refractivity contribution in [1.82, 2.24) is 5.32 Å². The summed E-state index contributed by atoms with van der Waals surface area (Å²) in [7, 11) is -0.738. The zero-order valence-corrected chi connectivity index (χ0v) is 13.1. The molecule has 0 aromatic heterocycles. The van der Waals surface area contributed by atoms with E-state index in [0.717, 1.165) is 25.1 Å². The van der Waals surface area contributed by atoms with E-state index in [4.69, 9.17) is 4.74 Å². The van der Waals surface area contributed by atoms with Crippen molar-refractivity contribution >= 4 is 10.8 Å². The summed E-state index contributed by atoms with van der Waals surface area (Å²) < 4.78 is 16.4. The molecule has 114 valence electrons. The monoisotopic (exact) mass is 299 g/mol. The van der Waals surface area contributed by atoms with Crippen LogP contribution >= 0.6 is 0 Å². The normalized spacial score (nSPS) is 13.9. The highest BCUT2D eigenvalue weighted by molar-refractivity contribution is 7.84. The van der Waals surface area contributed by atoms with E-state index in [2.05, 4.69) is 12.2 Å². The molecule has 0 fully saturated rings. The second kappa shape index (κ2) is 9.91. The Morgan fingerprint density at radius 1 is 1.35 bits per heavy atom. The van der Waals surface area contributed by atoms with Crippen LogP contribution in [0.3, 0.4) is 0 Å². The lowest BCUT2D eigenvalue weighted by molar-refractivity contribution is 0.106. The molecular weight excluding hydrogens is 274 g/mol. The molecule has 20 heavy (non-hydrogen) atoms. The van der Waals surface area contributed by atoms with Crippen LogP contribution in [-0.2, 0) is 17.2 Å². The maximum Gasteiger partial charge on any atom is 0.119 e. The van der Waals surface area contributed by atoms with Crippen LogP contribution < -0.4 is 10.1 Å².